The zero-order valence-corrected chi connectivity index (χ0v) is 9.46. The fraction of sp³-hybridized carbons (Fsp3) is 0.364. The Bertz CT molecular complexity index is 409. The summed E-state index contributed by atoms with van der Waals surface area (Å²) in [4.78, 5) is 11.1. The summed E-state index contributed by atoms with van der Waals surface area (Å²) in [6.07, 6.45) is 0.704. The summed E-state index contributed by atoms with van der Waals surface area (Å²) < 4.78 is 5.25. The Kier molecular flexibility index (Phi) is 3.31. The van der Waals surface area contributed by atoms with Crippen molar-refractivity contribution < 1.29 is 9.53 Å². The van der Waals surface area contributed by atoms with Crippen LogP contribution in [-0.2, 0) is 4.79 Å². The van der Waals surface area contributed by atoms with Crippen molar-refractivity contribution in [3.63, 3.8) is 0 Å². The molecule has 1 aliphatic heterocycles. The molecule has 1 heterocycles. The second-order valence-electron chi connectivity index (χ2n) is 3.68. The van der Waals surface area contributed by atoms with Crippen molar-refractivity contribution in [3.8, 4) is 5.75 Å². The zero-order valence-electron chi connectivity index (χ0n) is 8.70. The average molecular weight is 241 g/mol. The van der Waals surface area contributed by atoms with Crippen LogP contribution in [-0.4, -0.2) is 18.4 Å². The number of fused-ring (bicyclic) bond motifs is 1. The first kappa shape index (κ1) is 11.2. The summed E-state index contributed by atoms with van der Waals surface area (Å²) >= 11 is 5.64. The summed E-state index contributed by atoms with van der Waals surface area (Å²) in [6, 6.07) is 5.44. The highest BCUT2D eigenvalue weighted by atomic mass is 35.5. The molecule has 86 valence electrons. The lowest BCUT2D eigenvalue weighted by Gasteiger charge is -2.20. The molecule has 2 rings (SSSR count). The third kappa shape index (κ3) is 2.28. The van der Waals surface area contributed by atoms with Crippen molar-refractivity contribution in [2.75, 3.05) is 17.8 Å². The molecule has 0 aliphatic carbocycles. The van der Waals surface area contributed by atoms with Crippen LogP contribution in [0.3, 0.4) is 0 Å². The lowest BCUT2D eigenvalue weighted by molar-refractivity contribution is -0.118. The van der Waals surface area contributed by atoms with Gasteiger partial charge in [0.1, 0.15) is 5.75 Å². The number of hydrogen-bond donors (Lipinski definition) is 2. The van der Waals surface area contributed by atoms with Gasteiger partial charge < -0.3 is 15.8 Å². The average Bonchev–Trinajstić information content (AvgIpc) is 2.28. The van der Waals surface area contributed by atoms with E-state index >= 15 is 0 Å². The molecule has 1 unspecified atom stereocenters. The van der Waals surface area contributed by atoms with E-state index in [0.29, 0.717) is 23.7 Å². The predicted octanol–water partition coefficient (Wildman–Crippen LogP) is 1.65. The minimum Gasteiger partial charge on any atom is -0.482 e. The van der Waals surface area contributed by atoms with Gasteiger partial charge >= 0.3 is 0 Å². The number of benzene rings is 1. The number of alkyl halides is 1. The summed E-state index contributed by atoms with van der Waals surface area (Å²) in [6.45, 7) is 0.0695. The first-order valence-corrected chi connectivity index (χ1v) is 5.62. The number of ether oxygens (including phenoxy) is 1. The van der Waals surface area contributed by atoms with Crippen LogP contribution in [0.15, 0.2) is 18.2 Å². The predicted molar refractivity (Wildman–Crippen MR) is 62.8 cm³/mol. The highest BCUT2D eigenvalue weighted by Gasteiger charge is 2.17. The summed E-state index contributed by atoms with van der Waals surface area (Å²) in [7, 11) is 0. The van der Waals surface area contributed by atoms with Gasteiger partial charge in [-0.3, -0.25) is 4.79 Å². The van der Waals surface area contributed by atoms with Crippen LogP contribution in [0.4, 0.5) is 5.69 Å². The molecular weight excluding hydrogens is 228 g/mol. The summed E-state index contributed by atoms with van der Waals surface area (Å²) in [5.74, 6) is 1.05. The van der Waals surface area contributed by atoms with E-state index < -0.39 is 0 Å². The van der Waals surface area contributed by atoms with Gasteiger partial charge in [-0.2, -0.15) is 0 Å². The molecule has 0 saturated carbocycles. The molecule has 1 aromatic rings. The molecule has 0 saturated heterocycles. The molecule has 4 nitrogen and oxygen atoms in total. The Morgan fingerprint density at radius 3 is 3.12 bits per heavy atom. The van der Waals surface area contributed by atoms with E-state index in [4.69, 9.17) is 22.1 Å². The Morgan fingerprint density at radius 2 is 2.38 bits per heavy atom. The number of hydrogen-bond acceptors (Lipinski definition) is 3. The van der Waals surface area contributed by atoms with Crippen molar-refractivity contribution in [3.05, 3.63) is 23.8 Å². The zero-order chi connectivity index (χ0) is 11.5. The van der Waals surface area contributed by atoms with Crippen LogP contribution in [0.2, 0.25) is 0 Å². The van der Waals surface area contributed by atoms with Crippen LogP contribution >= 0.6 is 11.6 Å². The Labute approximate surface area is 98.7 Å². The highest BCUT2D eigenvalue weighted by Crippen LogP contribution is 2.30. The number of rotatable bonds is 3. The molecule has 0 aromatic heterocycles. The normalized spacial score (nSPS) is 16.0. The van der Waals surface area contributed by atoms with Crippen LogP contribution in [0.1, 0.15) is 18.0 Å². The largest absolute Gasteiger partial charge is 0.482 e. The van der Waals surface area contributed by atoms with Crippen molar-refractivity contribution in [2.24, 2.45) is 5.73 Å². The van der Waals surface area contributed by atoms with Gasteiger partial charge in [0.05, 0.1) is 5.69 Å². The number of amides is 1. The molecular formula is C11H13ClN2O2. The van der Waals surface area contributed by atoms with Gasteiger partial charge in [0.2, 0.25) is 0 Å². The Hall–Kier alpha value is -1.26. The van der Waals surface area contributed by atoms with E-state index in [1.807, 2.05) is 18.2 Å². The van der Waals surface area contributed by atoms with Crippen LogP contribution in [0.25, 0.3) is 0 Å². The quantitative estimate of drug-likeness (QED) is 0.790. The van der Waals surface area contributed by atoms with Crippen LogP contribution in [0.5, 0.6) is 5.75 Å². The second-order valence-corrected chi connectivity index (χ2v) is 4.05. The highest BCUT2D eigenvalue weighted by molar-refractivity contribution is 6.17. The number of anilines is 1. The monoisotopic (exact) mass is 240 g/mol. The molecule has 0 radical (unpaired) electrons. The van der Waals surface area contributed by atoms with E-state index in [1.54, 1.807) is 0 Å². The van der Waals surface area contributed by atoms with Gasteiger partial charge in [0.25, 0.3) is 5.91 Å². The van der Waals surface area contributed by atoms with E-state index in [2.05, 4.69) is 5.32 Å². The van der Waals surface area contributed by atoms with Crippen molar-refractivity contribution in [1.82, 2.24) is 0 Å². The van der Waals surface area contributed by atoms with Gasteiger partial charge in [0.15, 0.2) is 6.61 Å². The first-order valence-electron chi connectivity index (χ1n) is 5.09. The minimum absolute atomic E-state index is 0.0695. The third-order valence-corrected chi connectivity index (χ3v) is 2.70. The summed E-state index contributed by atoms with van der Waals surface area (Å²) in [5.41, 5.74) is 7.56. The van der Waals surface area contributed by atoms with E-state index in [-0.39, 0.29) is 18.6 Å². The molecule has 0 fully saturated rings. The fourth-order valence-corrected chi connectivity index (χ4v) is 1.85. The smallest absolute Gasteiger partial charge is 0.262 e. The van der Waals surface area contributed by atoms with Gasteiger partial charge in [-0.15, -0.1) is 11.6 Å². The number of carbonyl (C=O) groups excluding carboxylic acids is 1. The Morgan fingerprint density at radius 1 is 1.56 bits per heavy atom. The maximum Gasteiger partial charge on any atom is 0.262 e. The topological polar surface area (TPSA) is 64.3 Å². The minimum atomic E-state index is -0.143. The van der Waals surface area contributed by atoms with E-state index in [9.17, 15) is 4.79 Å². The first-order chi connectivity index (χ1) is 7.70. The van der Waals surface area contributed by atoms with Crippen LogP contribution < -0.4 is 15.8 Å². The van der Waals surface area contributed by atoms with Crippen molar-refractivity contribution in [1.29, 1.82) is 0 Å². The van der Waals surface area contributed by atoms with Gasteiger partial charge in [0, 0.05) is 11.9 Å². The molecule has 16 heavy (non-hydrogen) atoms. The summed E-state index contributed by atoms with van der Waals surface area (Å²) in [5, 5.41) is 2.74. The lowest BCUT2D eigenvalue weighted by Crippen LogP contribution is -2.25. The van der Waals surface area contributed by atoms with Crippen molar-refractivity contribution >= 4 is 23.2 Å². The molecule has 0 bridgehead atoms. The third-order valence-electron chi connectivity index (χ3n) is 2.48. The standard InChI is InChI=1S/C11H13ClN2O2/c12-4-3-8(13)7-1-2-10-9(5-7)14-11(15)6-16-10/h1-2,5,8H,3-4,6,13H2,(H,14,15). The number of nitrogens with two attached hydrogens (primary N) is 1. The van der Waals surface area contributed by atoms with Gasteiger partial charge in [-0.25, -0.2) is 0 Å². The molecule has 0 spiro atoms. The maximum atomic E-state index is 11.1. The molecule has 3 N–H and O–H groups in total. The molecule has 1 aliphatic rings. The molecule has 1 aromatic carbocycles. The maximum absolute atomic E-state index is 11.1. The SMILES string of the molecule is NC(CCCl)c1ccc2c(c1)NC(=O)CO2. The number of carbonyl (C=O) groups is 1. The van der Waals surface area contributed by atoms with Gasteiger partial charge in [-0.05, 0) is 24.1 Å². The second kappa shape index (κ2) is 4.72. The number of halogens is 1. The lowest BCUT2D eigenvalue weighted by atomic mass is 10.0. The van der Waals surface area contributed by atoms with E-state index in [0.717, 1.165) is 5.56 Å². The van der Waals surface area contributed by atoms with Crippen LogP contribution in [0, 0.1) is 0 Å². The van der Waals surface area contributed by atoms with E-state index in [1.165, 1.54) is 0 Å². The molecule has 5 heteroatoms. The van der Waals surface area contributed by atoms with Gasteiger partial charge in [-0.1, -0.05) is 6.07 Å². The molecule has 1 atom stereocenters. The number of nitrogens with one attached hydrogen (secondary N) is 1. The van der Waals surface area contributed by atoms with Crippen molar-refractivity contribution in [2.45, 2.75) is 12.5 Å². The fourth-order valence-electron chi connectivity index (χ4n) is 1.62. The molecule has 1 amide bonds. The Balaban J connectivity index is 2.24.